The third-order valence-electron chi connectivity index (χ3n) is 5.14. The Kier molecular flexibility index (Phi) is 5.53. The monoisotopic (exact) mass is 402 g/mol. The van der Waals surface area contributed by atoms with E-state index in [0.29, 0.717) is 34.5 Å². The lowest BCUT2D eigenvalue weighted by atomic mass is 10.0. The molecule has 4 rings (SSSR count). The lowest BCUT2D eigenvalue weighted by molar-refractivity contribution is 0.271. The average molecular weight is 403 g/mol. The highest BCUT2D eigenvalue weighted by Crippen LogP contribution is 2.37. The van der Waals surface area contributed by atoms with E-state index >= 15 is 0 Å². The number of piperidine rings is 1. The number of fused-ring (bicyclic) bond motifs is 1. The normalized spacial score (nSPS) is 17.3. The van der Waals surface area contributed by atoms with Crippen LogP contribution in [0.2, 0.25) is 5.02 Å². The van der Waals surface area contributed by atoms with Gasteiger partial charge in [0, 0.05) is 21.3 Å². The van der Waals surface area contributed by atoms with E-state index in [1.807, 2.05) is 30.5 Å². The lowest BCUT2D eigenvalue weighted by Crippen LogP contribution is -2.35. The second-order valence-electron chi connectivity index (χ2n) is 7.07. The summed E-state index contributed by atoms with van der Waals surface area (Å²) in [6, 6.07) is 8.21. The molecule has 1 aliphatic rings. The molecule has 1 saturated heterocycles. The smallest absolute Gasteiger partial charge is 0.260 e. The number of nitrogens with one attached hydrogen (secondary N) is 2. The summed E-state index contributed by atoms with van der Waals surface area (Å²) in [4.78, 5) is 16.7. The summed E-state index contributed by atoms with van der Waals surface area (Å²) >= 11 is 7.81. The van der Waals surface area contributed by atoms with Crippen LogP contribution in [0.1, 0.15) is 31.2 Å². The predicted molar refractivity (Wildman–Crippen MR) is 113 cm³/mol. The van der Waals surface area contributed by atoms with E-state index in [1.54, 1.807) is 17.4 Å². The molecule has 0 spiro atoms. The third-order valence-corrected chi connectivity index (χ3v) is 6.43. The Bertz CT molecular complexity index is 992. The first-order valence-electron chi connectivity index (χ1n) is 9.39. The van der Waals surface area contributed by atoms with Gasteiger partial charge in [-0.1, -0.05) is 24.1 Å². The fourth-order valence-electron chi connectivity index (χ4n) is 3.66. The molecule has 3 heterocycles. The summed E-state index contributed by atoms with van der Waals surface area (Å²) in [7, 11) is 0. The van der Waals surface area contributed by atoms with Crippen LogP contribution >= 0.6 is 22.9 Å². The Balaban J connectivity index is 1.73. The molecule has 1 fully saturated rings. The number of ether oxygens (including phenoxy) is 1. The Morgan fingerprint density at radius 2 is 2.22 bits per heavy atom. The maximum Gasteiger partial charge on any atom is 0.260 e. The molecule has 6 heteroatoms. The largest absolute Gasteiger partial charge is 0.492 e. The van der Waals surface area contributed by atoms with Crippen molar-refractivity contribution in [2.24, 2.45) is 0 Å². The topological polar surface area (TPSA) is 54.1 Å². The fraction of sp³-hybridized carbons (Fsp3) is 0.381. The van der Waals surface area contributed by atoms with E-state index in [9.17, 15) is 4.79 Å². The Labute approximate surface area is 167 Å². The Morgan fingerprint density at radius 3 is 2.96 bits per heavy atom. The molecule has 1 aromatic carbocycles. The number of H-pyrrole nitrogens is 1. The first-order chi connectivity index (χ1) is 13.1. The number of aromatic amines is 1. The first-order valence-corrected chi connectivity index (χ1v) is 10.7. The van der Waals surface area contributed by atoms with Crippen molar-refractivity contribution in [3.05, 3.63) is 50.6 Å². The van der Waals surface area contributed by atoms with Crippen LogP contribution < -0.4 is 15.6 Å². The number of benzene rings is 1. The number of aromatic nitrogens is 1. The van der Waals surface area contributed by atoms with Crippen molar-refractivity contribution in [3.8, 4) is 16.2 Å². The quantitative estimate of drug-likeness (QED) is 0.622. The number of hydrogen-bond acceptors (Lipinski definition) is 4. The van der Waals surface area contributed by atoms with E-state index in [4.69, 9.17) is 16.3 Å². The molecule has 2 N–H and O–H groups in total. The summed E-state index contributed by atoms with van der Waals surface area (Å²) in [5.41, 5.74) is 2.14. The van der Waals surface area contributed by atoms with Crippen molar-refractivity contribution in [3.63, 3.8) is 0 Å². The first kappa shape index (κ1) is 18.5. The van der Waals surface area contributed by atoms with Gasteiger partial charge < -0.3 is 15.0 Å². The number of rotatable bonds is 5. The zero-order valence-corrected chi connectivity index (χ0v) is 16.9. The second kappa shape index (κ2) is 8.05. The van der Waals surface area contributed by atoms with Crippen LogP contribution in [-0.2, 0) is 0 Å². The van der Waals surface area contributed by atoms with Crippen LogP contribution in [0, 0.1) is 6.92 Å². The van der Waals surface area contributed by atoms with Gasteiger partial charge in [-0.05, 0) is 61.9 Å². The lowest BCUT2D eigenvalue weighted by Gasteiger charge is -2.23. The van der Waals surface area contributed by atoms with Crippen molar-refractivity contribution in [2.75, 3.05) is 13.2 Å². The number of hydrogen-bond donors (Lipinski definition) is 2. The summed E-state index contributed by atoms with van der Waals surface area (Å²) in [5.74, 6) is 0.659. The Hall–Kier alpha value is -1.82. The zero-order chi connectivity index (χ0) is 18.8. The zero-order valence-electron chi connectivity index (χ0n) is 15.3. The molecule has 27 heavy (non-hydrogen) atoms. The molecular formula is C21H23ClN2O2S. The fourth-order valence-corrected chi connectivity index (χ4v) is 4.59. The molecular weight excluding hydrogens is 380 g/mol. The molecule has 0 radical (unpaired) electrons. The van der Waals surface area contributed by atoms with Crippen molar-refractivity contribution >= 4 is 33.8 Å². The highest BCUT2D eigenvalue weighted by atomic mass is 35.5. The van der Waals surface area contributed by atoms with E-state index in [0.717, 1.165) is 28.8 Å². The van der Waals surface area contributed by atoms with Crippen LogP contribution in [0.4, 0.5) is 0 Å². The summed E-state index contributed by atoms with van der Waals surface area (Å²) < 4.78 is 6.26. The molecule has 1 atom stereocenters. The molecule has 4 nitrogen and oxygen atoms in total. The van der Waals surface area contributed by atoms with Crippen LogP contribution in [0.25, 0.3) is 21.3 Å². The summed E-state index contributed by atoms with van der Waals surface area (Å²) in [6.07, 6.45) is 4.64. The predicted octanol–water partition coefficient (Wildman–Crippen LogP) is 5.13. The molecule has 0 aliphatic carbocycles. The van der Waals surface area contributed by atoms with Crippen molar-refractivity contribution in [2.45, 2.75) is 38.6 Å². The highest BCUT2D eigenvalue weighted by molar-refractivity contribution is 7.13. The van der Waals surface area contributed by atoms with E-state index in [-0.39, 0.29) is 5.56 Å². The van der Waals surface area contributed by atoms with E-state index in [2.05, 4.69) is 10.3 Å². The van der Waals surface area contributed by atoms with Gasteiger partial charge in [0.2, 0.25) is 0 Å². The molecule has 0 bridgehead atoms. The van der Waals surface area contributed by atoms with Crippen LogP contribution in [0.15, 0.2) is 34.4 Å². The summed E-state index contributed by atoms with van der Waals surface area (Å²) in [5, 5.41) is 7.06. The number of pyridine rings is 1. The molecule has 3 aromatic rings. The molecule has 0 saturated carbocycles. The standard InChI is InChI=1S/C21H23ClN2O2S/c1-13-11-15-17(12-16(13)22)24-21(25)19(18-6-4-10-27-18)20(15)26-9-7-14-5-2-3-8-23-14/h4,6,10-12,14,23H,2-3,5,7-9H2,1H3,(H,24,25). The van der Waals surface area contributed by atoms with Crippen molar-refractivity contribution < 1.29 is 4.74 Å². The minimum Gasteiger partial charge on any atom is -0.492 e. The van der Waals surface area contributed by atoms with Crippen molar-refractivity contribution in [1.29, 1.82) is 0 Å². The van der Waals surface area contributed by atoms with Gasteiger partial charge in [-0.2, -0.15) is 0 Å². The van der Waals surface area contributed by atoms with Crippen LogP contribution in [0.3, 0.4) is 0 Å². The number of thiophene rings is 1. The SMILES string of the molecule is Cc1cc2c(OCCC3CCCCN3)c(-c3cccs3)c(=O)[nH]c2cc1Cl. The molecule has 1 unspecified atom stereocenters. The van der Waals surface area contributed by atoms with Crippen molar-refractivity contribution in [1.82, 2.24) is 10.3 Å². The maximum absolute atomic E-state index is 12.8. The molecule has 0 amide bonds. The van der Waals surface area contributed by atoms with Crippen LogP contribution in [0.5, 0.6) is 5.75 Å². The minimum absolute atomic E-state index is 0.143. The molecule has 142 valence electrons. The number of halogens is 1. The van der Waals surface area contributed by atoms with Gasteiger partial charge in [0.15, 0.2) is 0 Å². The number of aryl methyl sites for hydroxylation is 1. The average Bonchev–Trinajstić information content (AvgIpc) is 3.18. The van der Waals surface area contributed by atoms with Gasteiger partial charge in [0.1, 0.15) is 5.75 Å². The van der Waals surface area contributed by atoms with E-state index in [1.165, 1.54) is 19.3 Å². The van der Waals surface area contributed by atoms with Gasteiger partial charge in [0.25, 0.3) is 5.56 Å². The highest BCUT2D eigenvalue weighted by Gasteiger charge is 2.19. The van der Waals surface area contributed by atoms with Gasteiger partial charge in [-0.15, -0.1) is 11.3 Å². The molecule has 2 aromatic heterocycles. The van der Waals surface area contributed by atoms with E-state index < -0.39 is 0 Å². The van der Waals surface area contributed by atoms with Gasteiger partial charge in [-0.3, -0.25) is 4.79 Å². The van der Waals surface area contributed by atoms with Gasteiger partial charge >= 0.3 is 0 Å². The summed E-state index contributed by atoms with van der Waals surface area (Å²) in [6.45, 7) is 3.63. The maximum atomic E-state index is 12.8. The Morgan fingerprint density at radius 1 is 1.33 bits per heavy atom. The molecule has 1 aliphatic heterocycles. The second-order valence-corrected chi connectivity index (χ2v) is 8.42. The third kappa shape index (κ3) is 3.91. The van der Waals surface area contributed by atoms with Gasteiger partial charge in [-0.25, -0.2) is 0 Å². The van der Waals surface area contributed by atoms with Gasteiger partial charge in [0.05, 0.1) is 17.7 Å². The minimum atomic E-state index is -0.143. The van der Waals surface area contributed by atoms with Crippen LogP contribution in [-0.4, -0.2) is 24.2 Å².